The van der Waals surface area contributed by atoms with Gasteiger partial charge >= 0.3 is 0 Å². The van der Waals surface area contributed by atoms with Crippen molar-refractivity contribution < 1.29 is 4.92 Å². The van der Waals surface area contributed by atoms with Gasteiger partial charge in [-0.3, -0.25) is 14.8 Å². The quantitative estimate of drug-likeness (QED) is 0.532. The monoisotopic (exact) mass is 253 g/mol. The zero-order valence-electron chi connectivity index (χ0n) is 10.1. The Kier molecular flexibility index (Phi) is 2.72. The Morgan fingerprint density at radius 2 is 2.00 bits per heavy atom. The Balaban J connectivity index is 1.97. The van der Waals surface area contributed by atoms with Gasteiger partial charge in [-0.25, -0.2) is 0 Å². The molecule has 0 radical (unpaired) electrons. The molecule has 0 spiro atoms. The first kappa shape index (κ1) is 11.4. The number of hydrogen-bond acceptors (Lipinski definition) is 3. The van der Waals surface area contributed by atoms with E-state index in [-0.39, 0.29) is 10.6 Å². The van der Waals surface area contributed by atoms with Gasteiger partial charge in [-0.1, -0.05) is 30.3 Å². The first-order chi connectivity index (χ1) is 9.24. The number of rotatable bonds is 3. The minimum atomic E-state index is -0.384. The summed E-state index contributed by atoms with van der Waals surface area (Å²) in [4.78, 5) is 10.4. The standard InChI is InChI=1S/C14H11N3O2/c18-17(19)13-6-3-4-11(8-13)10-16-14-7-2-1-5-12(14)9-15-16/h1-9H,10H2. The molecule has 94 valence electrons. The second-order valence-electron chi connectivity index (χ2n) is 4.29. The SMILES string of the molecule is O=[N+]([O-])c1cccc(Cn2ncc3ccccc32)c1. The van der Waals surface area contributed by atoms with E-state index in [1.165, 1.54) is 6.07 Å². The van der Waals surface area contributed by atoms with Crippen molar-refractivity contribution in [1.82, 2.24) is 9.78 Å². The van der Waals surface area contributed by atoms with Gasteiger partial charge in [-0.15, -0.1) is 0 Å². The molecule has 0 unspecified atom stereocenters. The van der Waals surface area contributed by atoms with Crippen LogP contribution < -0.4 is 0 Å². The molecule has 0 amide bonds. The summed E-state index contributed by atoms with van der Waals surface area (Å²) in [5.41, 5.74) is 1.99. The van der Waals surface area contributed by atoms with Crippen molar-refractivity contribution in [3.8, 4) is 0 Å². The molecular formula is C14H11N3O2. The van der Waals surface area contributed by atoms with Crippen molar-refractivity contribution in [1.29, 1.82) is 0 Å². The second-order valence-corrected chi connectivity index (χ2v) is 4.29. The van der Waals surface area contributed by atoms with E-state index in [1.807, 2.05) is 35.0 Å². The Labute approximate surface area is 109 Å². The van der Waals surface area contributed by atoms with Crippen LogP contribution in [0.25, 0.3) is 10.9 Å². The van der Waals surface area contributed by atoms with E-state index >= 15 is 0 Å². The highest BCUT2D eigenvalue weighted by Crippen LogP contribution is 2.17. The predicted octanol–water partition coefficient (Wildman–Crippen LogP) is 2.99. The molecule has 0 saturated carbocycles. The van der Waals surface area contributed by atoms with E-state index in [0.717, 1.165) is 16.5 Å². The van der Waals surface area contributed by atoms with Crippen molar-refractivity contribution in [3.05, 3.63) is 70.4 Å². The van der Waals surface area contributed by atoms with Gasteiger partial charge in [0.05, 0.1) is 23.2 Å². The van der Waals surface area contributed by atoms with Crippen LogP contribution >= 0.6 is 0 Å². The van der Waals surface area contributed by atoms with Crippen LogP contribution in [-0.4, -0.2) is 14.7 Å². The number of nitrogens with zero attached hydrogens (tertiary/aromatic N) is 3. The van der Waals surface area contributed by atoms with E-state index < -0.39 is 0 Å². The molecular weight excluding hydrogens is 242 g/mol. The number of non-ortho nitro benzene ring substituents is 1. The maximum atomic E-state index is 10.8. The van der Waals surface area contributed by atoms with Gasteiger partial charge in [0.1, 0.15) is 0 Å². The van der Waals surface area contributed by atoms with Crippen LogP contribution in [0.5, 0.6) is 0 Å². The molecule has 0 saturated heterocycles. The summed E-state index contributed by atoms with van der Waals surface area (Å²) in [6, 6.07) is 14.5. The highest BCUT2D eigenvalue weighted by atomic mass is 16.6. The zero-order chi connectivity index (χ0) is 13.2. The van der Waals surface area contributed by atoms with Gasteiger partial charge in [-0.2, -0.15) is 5.10 Å². The molecule has 3 aromatic rings. The molecule has 0 fully saturated rings. The van der Waals surface area contributed by atoms with Crippen molar-refractivity contribution >= 4 is 16.6 Å². The lowest BCUT2D eigenvalue weighted by Crippen LogP contribution is -2.01. The summed E-state index contributed by atoms with van der Waals surface area (Å²) < 4.78 is 1.84. The average molecular weight is 253 g/mol. The molecule has 1 heterocycles. The number of benzene rings is 2. The van der Waals surface area contributed by atoms with Gasteiger partial charge < -0.3 is 0 Å². The number of nitro benzene ring substituents is 1. The van der Waals surface area contributed by atoms with Crippen LogP contribution in [0.2, 0.25) is 0 Å². The smallest absolute Gasteiger partial charge is 0.260 e. The van der Waals surface area contributed by atoms with Crippen molar-refractivity contribution in [2.45, 2.75) is 6.54 Å². The minimum Gasteiger partial charge on any atom is -0.260 e. The second kappa shape index (κ2) is 4.53. The van der Waals surface area contributed by atoms with Crippen LogP contribution in [0.1, 0.15) is 5.56 Å². The van der Waals surface area contributed by atoms with Crippen molar-refractivity contribution in [2.24, 2.45) is 0 Å². The van der Waals surface area contributed by atoms with Crippen LogP contribution in [0.4, 0.5) is 5.69 Å². The van der Waals surface area contributed by atoms with Crippen molar-refractivity contribution in [2.75, 3.05) is 0 Å². The Hall–Kier alpha value is -2.69. The molecule has 5 heteroatoms. The average Bonchev–Trinajstić information content (AvgIpc) is 2.83. The van der Waals surface area contributed by atoms with Crippen molar-refractivity contribution in [3.63, 3.8) is 0 Å². The Morgan fingerprint density at radius 3 is 2.84 bits per heavy atom. The normalized spacial score (nSPS) is 10.7. The number of fused-ring (bicyclic) bond motifs is 1. The first-order valence-corrected chi connectivity index (χ1v) is 5.88. The summed E-state index contributed by atoms with van der Waals surface area (Å²) in [5.74, 6) is 0. The lowest BCUT2D eigenvalue weighted by atomic mass is 10.2. The maximum Gasteiger partial charge on any atom is 0.269 e. The predicted molar refractivity (Wildman–Crippen MR) is 71.9 cm³/mol. The molecule has 0 bridgehead atoms. The molecule has 0 aliphatic rings. The Morgan fingerprint density at radius 1 is 1.16 bits per heavy atom. The molecule has 2 aromatic carbocycles. The molecule has 19 heavy (non-hydrogen) atoms. The van der Waals surface area contributed by atoms with E-state index in [9.17, 15) is 10.1 Å². The fourth-order valence-electron chi connectivity index (χ4n) is 2.09. The molecule has 0 atom stereocenters. The molecule has 0 aliphatic carbocycles. The summed E-state index contributed by atoms with van der Waals surface area (Å²) in [6.07, 6.45) is 1.80. The van der Waals surface area contributed by atoms with Crippen LogP contribution in [0.3, 0.4) is 0 Å². The highest BCUT2D eigenvalue weighted by Gasteiger charge is 2.07. The van der Waals surface area contributed by atoms with Crippen LogP contribution in [0, 0.1) is 10.1 Å². The highest BCUT2D eigenvalue weighted by molar-refractivity contribution is 5.78. The largest absolute Gasteiger partial charge is 0.269 e. The van der Waals surface area contributed by atoms with Gasteiger partial charge in [-0.05, 0) is 11.6 Å². The minimum absolute atomic E-state index is 0.106. The molecule has 1 aromatic heterocycles. The van der Waals surface area contributed by atoms with Gasteiger partial charge in [0, 0.05) is 17.5 Å². The van der Waals surface area contributed by atoms with Gasteiger partial charge in [0.15, 0.2) is 0 Å². The van der Waals surface area contributed by atoms with E-state index in [1.54, 1.807) is 18.3 Å². The molecule has 3 rings (SSSR count). The summed E-state index contributed by atoms with van der Waals surface area (Å²) in [7, 11) is 0. The summed E-state index contributed by atoms with van der Waals surface area (Å²) in [5, 5.41) is 16.1. The van der Waals surface area contributed by atoms with E-state index in [2.05, 4.69) is 5.10 Å². The lowest BCUT2D eigenvalue weighted by Gasteiger charge is -2.03. The fraction of sp³-hybridized carbons (Fsp3) is 0.0714. The Bertz CT molecular complexity index is 749. The molecule has 0 aliphatic heterocycles. The third kappa shape index (κ3) is 2.18. The third-order valence-corrected chi connectivity index (χ3v) is 3.00. The van der Waals surface area contributed by atoms with E-state index in [4.69, 9.17) is 0 Å². The zero-order valence-corrected chi connectivity index (χ0v) is 10.1. The topological polar surface area (TPSA) is 61.0 Å². The first-order valence-electron chi connectivity index (χ1n) is 5.88. The van der Waals surface area contributed by atoms with Gasteiger partial charge in [0.2, 0.25) is 0 Å². The number of hydrogen-bond donors (Lipinski definition) is 0. The maximum absolute atomic E-state index is 10.8. The van der Waals surface area contributed by atoms with Crippen LogP contribution in [-0.2, 0) is 6.54 Å². The number of nitro groups is 1. The lowest BCUT2D eigenvalue weighted by molar-refractivity contribution is -0.384. The van der Waals surface area contributed by atoms with Crippen LogP contribution in [0.15, 0.2) is 54.7 Å². The summed E-state index contributed by atoms with van der Waals surface area (Å²) >= 11 is 0. The van der Waals surface area contributed by atoms with Gasteiger partial charge in [0.25, 0.3) is 5.69 Å². The number of aromatic nitrogens is 2. The fourth-order valence-corrected chi connectivity index (χ4v) is 2.09. The van der Waals surface area contributed by atoms with E-state index in [0.29, 0.717) is 6.54 Å². The molecule has 5 nitrogen and oxygen atoms in total. The summed E-state index contributed by atoms with van der Waals surface area (Å²) in [6.45, 7) is 0.523. The third-order valence-electron chi connectivity index (χ3n) is 3.00. The number of para-hydroxylation sites is 1. The molecule has 0 N–H and O–H groups in total.